The van der Waals surface area contributed by atoms with Gasteiger partial charge in [0.25, 0.3) is 0 Å². The van der Waals surface area contributed by atoms with E-state index in [1.165, 1.54) is 12.1 Å². The molecule has 2 radical (unpaired) electrons. The lowest BCUT2D eigenvalue weighted by molar-refractivity contribution is 0.112. The molecule has 0 heterocycles. The van der Waals surface area contributed by atoms with E-state index < -0.39 is 5.82 Å². The molecule has 0 spiro atoms. The van der Waals surface area contributed by atoms with Gasteiger partial charge in [0, 0.05) is 5.56 Å². The van der Waals surface area contributed by atoms with Crippen molar-refractivity contribution in [1.29, 1.82) is 0 Å². The van der Waals surface area contributed by atoms with Gasteiger partial charge in [-0.15, -0.1) is 0 Å². The van der Waals surface area contributed by atoms with Crippen LogP contribution in [0.15, 0.2) is 12.1 Å². The first kappa shape index (κ1) is 7.99. The van der Waals surface area contributed by atoms with Gasteiger partial charge < -0.3 is 0 Å². The van der Waals surface area contributed by atoms with E-state index in [0.717, 1.165) is 0 Å². The fourth-order valence-electron chi connectivity index (χ4n) is 0.840. The van der Waals surface area contributed by atoms with Gasteiger partial charge >= 0.3 is 0 Å². The highest BCUT2D eigenvalue weighted by atomic mass is 19.1. The topological polar surface area (TPSA) is 17.1 Å². The smallest absolute Gasteiger partial charge is 0.150 e. The first-order chi connectivity index (χ1) is 5.16. The molecule has 11 heavy (non-hydrogen) atoms. The van der Waals surface area contributed by atoms with E-state index >= 15 is 0 Å². The van der Waals surface area contributed by atoms with E-state index in [2.05, 4.69) is 0 Å². The van der Waals surface area contributed by atoms with Crippen LogP contribution in [-0.4, -0.2) is 14.1 Å². The second-order valence-electron chi connectivity index (χ2n) is 2.29. The zero-order valence-electron chi connectivity index (χ0n) is 6.10. The Morgan fingerprint density at radius 3 is 2.73 bits per heavy atom. The van der Waals surface area contributed by atoms with E-state index in [1.54, 1.807) is 6.92 Å². The number of benzene rings is 1. The molecule has 0 N–H and O–H groups in total. The minimum atomic E-state index is -0.479. The van der Waals surface area contributed by atoms with Gasteiger partial charge in [-0.1, -0.05) is 5.46 Å². The van der Waals surface area contributed by atoms with Crippen molar-refractivity contribution in [3.8, 4) is 0 Å². The largest absolute Gasteiger partial charge is 0.298 e. The van der Waals surface area contributed by atoms with E-state index in [-0.39, 0.29) is 5.46 Å². The summed E-state index contributed by atoms with van der Waals surface area (Å²) in [5.74, 6) is -0.479. The van der Waals surface area contributed by atoms with Gasteiger partial charge in [0.2, 0.25) is 0 Å². The molecule has 54 valence electrons. The summed E-state index contributed by atoms with van der Waals surface area (Å²) < 4.78 is 12.7. The minimum Gasteiger partial charge on any atom is -0.298 e. The van der Waals surface area contributed by atoms with Gasteiger partial charge in [0.05, 0.1) is 0 Å². The first-order valence-electron chi connectivity index (χ1n) is 3.16. The maximum Gasteiger partial charge on any atom is 0.150 e. The molecule has 1 nitrogen and oxygen atoms in total. The molecule has 0 saturated heterocycles. The fraction of sp³-hybridized carbons (Fsp3) is 0.125. The maximum absolute atomic E-state index is 12.7. The highest BCUT2D eigenvalue weighted by Crippen LogP contribution is 2.03. The molecular weight excluding hydrogens is 142 g/mol. The summed E-state index contributed by atoms with van der Waals surface area (Å²) in [6.45, 7) is 1.61. The molecule has 0 fully saturated rings. The molecule has 0 unspecified atom stereocenters. The molecule has 0 amide bonds. The molecule has 1 rings (SSSR count). The molecular formula is C8H6BFO. The number of carbonyl (C=O) groups excluding carboxylic acids is 1. The lowest BCUT2D eigenvalue weighted by Crippen LogP contribution is -2.14. The summed E-state index contributed by atoms with van der Waals surface area (Å²) in [5, 5.41) is 0. The molecule has 0 aliphatic carbocycles. The minimum absolute atomic E-state index is 0.0506. The Labute approximate surface area is 65.6 Å². The van der Waals surface area contributed by atoms with Gasteiger partial charge in [-0.2, -0.15) is 0 Å². The standard InChI is InChI=1S/C8H6BFO/c1-5-6(4-11)2-3-7(10)8(5)9/h2-4H,1H3. The normalized spacial score (nSPS) is 9.64. The van der Waals surface area contributed by atoms with E-state index in [1.807, 2.05) is 0 Å². The average molecular weight is 148 g/mol. The second kappa shape index (κ2) is 2.87. The lowest BCUT2D eigenvalue weighted by Gasteiger charge is -2.03. The predicted octanol–water partition coefficient (Wildman–Crippen LogP) is 0.740. The van der Waals surface area contributed by atoms with Crippen LogP contribution < -0.4 is 5.46 Å². The highest BCUT2D eigenvalue weighted by molar-refractivity contribution is 6.33. The summed E-state index contributed by atoms with van der Waals surface area (Å²) in [7, 11) is 5.32. The predicted molar refractivity (Wildman–Crippen MR) is 41.9 cm³/mol. The van der Waals surface area contributed by atoms with Gasteiger partial charge in [-0.05, 0) is 24.6 Å². The Balaban J connectivity index is 3.36. The number of halogens is 1. The van der Waals surface area contributed by atoms with Gasteiger partial charge in [0.1, 0.15) is 19.9 Å². The van der Waals surface area contributed by atoms with Crippen LogP contribution in [0.5, 0.6) is 0 Å². The summed E-state index contributed by atoms with van der Waals surface area (Å²) >= 11 is 0. The number of carbonyl (C=O) groups is 1. The summed E-state index contributed by atoms with van der Waals surface area (Å²) in [6.07, 6.45) is 0.658. The molecule has 0 aliphatic heterocycles. The Bertz CT molecular complexity index is 296. The van der Waals surface area contributed by atoms with Gasteiger partial charge in [-0.25, -0.2) is 4.39 Å². The fourth-order valence-corrected chi connectivity index (χ4v) is 0.840. The van der Waals surface area contributed by atoms with Gasteiger partial charge in [0.15, 0.2) is 0 Å². The molecule has 0 aliphatic rings. The van der Waals surface area contributed by atoms with Crippen LogP contribution in [0.4, 0.5) is 4.39 Å². The maximum atomic E-state index is 12.7. The third kappa shape index (κ3) is 1.32. The molecule has 0 atom stereocenters. The van der Waals surface area contributed by atoms with Crippen molar-refractivity contribution in [2.24, 2.45) is 0 Å². The lowest BCUT2D eigenvalue weighted by atomic mass is 9.88. The van der Waals surface area contributed by atoms with E-state index in [4.69, 9.17) is 7.85 Å². The Hall–Kier alpha value is -1.12. The second-order valence-corrected chi connectivity index (χ2v) is 2.29. The van der Waals surface area contributed by atoms with Gasteiger partial charge in [-0.3, -0.25) is 4.79 Å². The Kier molecular flexibility index (Phi) is 2.08. The number of hydrogen-bond acceptors (Lipinski definition) is 1. The van der Waals surface area contributed by atoms with Crippen LogP contribution in [-0.2, 0) is 0 Å². The van der Waals surface area contributed by atoms with E-state index in [9.17, 15) is 9.18 Å². The quantitative estimate of drug-likeness (QED) is 0.424. The monoisotopic (exact) mass is 148 g/mol. The van der Waals surface area contributed by atoms with Crippen molar-refractivity contribution in [2.45, 2.75) is 6.92 Å². The van der Waals surface area contributed by atoms with Crippen molar-refractivity contribution in [1.82, 2.24) is 0 Å². The Morgan fingerprint density at radius 2 is 2.18 bits per heavy atom. The van der Waals surface area contributed by atoms with Crippen LogP contribution >= 0.6 is 0 Å². The zero-order valence-corrected chi connectivity index (χ0v) is 6.10. The average Bonchev–Trinajstić information content (AvgIpc) is 2.01. The summed E-state index contributed by atoms with van der Waals surface area (Å²) in [4.78, 5) is 10.3. The van der Waals surface area contributed by atoms with Crippen LogP contribution in [0, 0.1) is 12.7 Å². The molecule has 0 saturated carbocycles. The van der Waals surface area contributed by atoms with Crippen molar-refractivity contribution in [2.75, 3.05) is 0 Å². The number of hydrogen-bond donors (Lipinski definition) is 0. The SMILES string of the molecule is [B]c1c(F)ccc(C=O)c1C. The van der Waals surface area contributed by atoms with Crippen molar-refractivity contribution < 1.29 is 9.18 Å². The molecule has 0 aromatic heterocycles. The highest BCUT2D eigenvalue weighted by Gasteiger charge is 2.03. The van der Waals surface area contributed by atoms with Crippen LogP contribution in [0.25, 0.3) is 0 Å². The summed E-state index contributed by atoms with van der Waals surface area (Å²) in [6, 6.07) is 2.60. The van der Waals surface area contributed by atoms with E-state index in [0.29, 0.717) is 17.4 Å². The third-order valence-electron chi connectivity index (χ3n) is 1.63. The number of aldehydes is 1. The summed E-state index contributed by atoms with van der Waals surface area (Å²) in [5.41, 5.74) is 0.985. The zero-order chi connectivity index (χ0) is 8.43. The van der Waals surface area contributed by atoms with Crippen LogP contribution in [0.2, 0.25) is 0 Å². The molecule has 0 bridgehead atoms. The first-order valence-corrected chi connectivity index (χ1v) is 3.16. The molecule has 1 aromatic carbocycles. The van der Waals surface area contributed by atoms with Crippen molar-refractivity contribution in [3.63, 3.8) is 0 Å². The molecule has 3 heteroatoms. The Morgan fingerprint density at radius 1 is 1.55 bits per heavy atom. The number of rotatable bonds is 1. The molecule has 1 aromatic rings. The van der Waals surface area contributed by atoms with Crippen molar-refractivity contribution >= 4 is 19.6 Å². The van der Waals surface area contributed by atoms with Crippen molar-refractivity contribution in [3.05, 3.63) is 29.1 Å². The van der Waals surface area contributed by atoms with Crippen LogP contribution in [0.1, 0.15) is 15.9 Å². The van der Waals surface area contributed by atoms with Crippen LogP contribution in [0.3, 0.4) is 0 Å². The third-order valence-corrected chi connectivity index (χ3v) is 1.63.